The number of ether oxygens (including phenoxy) is 3. The summed E-state index contributed by atoms with van der Waals surface area (Å²) < 4.78 is 15.9. The van der Waals surface area contributed by atoms with Crippen molar-refractivity contribution in [2.45, 2.75) is 0 Å². The molecule has 3 rings (SSSR count). The molecule has 2 aromatic carbocycles. The van der Waals surface area contributed by atoms with Gasteiger partial charge in [0, 0.05) is 23.4 Å². The van der Waals surface area contributed by atoms with Crippen LogP contribution in [0.4, 0.5) is 5.69 Å². The van der Waals surface area contributed by atoms with Crippen molar-refractivity contribution in [3.05, 3.63) is 69.9 Å². The van der Waals surface area contributed by atoms with E-state index >= 15 is 0 Å². The summed E-state index contributed by atoms with van der Waals surface area (Å²) in [6, 6.07) is 14.5. The van der Waals surface area contributed by atoms with Gasteiger partial charge in [0.1, 0.15) is 5.75 Å². The number of benzene rings is 2. The number of hydrogen-bond acceptors (Lipinski definition) is 5. The lowest BCUT2D eigenvalue weighted by Crippen LogP contribution is -2.13. The van der Waals surface area contributed by atoms with Crippen LogP contribution in [0.1, 0.15) is 20.8 Å². The number of nitrogens with one attached hydrogen (secondary N) is 1. The van der Waals surface area contributed by atoms with Crippen molar-refractivity contribution < 1.29 is 19.0 Å². The second-order valence-electron chi connectivity index (χ2n) is 5.67. The minimum Gasteiger partial charge on any atom is -0.496 e. The van der Waals surface area contributed by atoms with E-state index in [2.05, 4.69) is 17.2 Å². The van der Waals surface area contributed by atoms with Crippen molar-refractivity contribution in [2.24, 2.45) is 0 Å². The molecule has 1 N–H and O–H groups in total. The molecule has 0 aliphatic heterocycles. The van der Waals surface area contributed by atoms with Crippen molar-refractivity contribution in [1.82, 2.24) is 0 Å². The number of methoxy groups -OCH3 is 3. The molecule has 0 bridgehead atoms. The Hall–Kier alpha value is -3.43. The van der Waals surface area contributed by atoms with Crippen LogP contribution in [0.25, 0.3) is 0 Å². The molecule has 0 saturated heterocycles. The zero-order valence-electron chi connectivity index (χ0n) is 15.7. The largest absolute Gasteiger partial charge is 0.496 e. The predicted octanol–water partition coefficient (Wildman–Crippen LogP) is 4.43. The number of rotatable bonds is 5. The molecule has 0 atom stereocenters. The van der Waals surface area contributed by atoms with Crippen molar-refractivity contribution in [3.8, 4) is 29.1 Å². The van der Waals surface area contributed by atoms with Gasteiger partial charge in [-0.3, -0.25) is 4.79 Å². The highest BCUT2D eigenvalue weighted by Crippen LogP contribution is 2.35. The first-order valence-electron chi connectivity index (χ1n) is 8.41. The normalized spacial score (nSPS) is 9.82. The average Bonchev–Trinajstić information content (AvgIpc) is 3.25. The molecule has 0 aliphatic rings. The lowest BCUT2D eigenvalue weighted by Gasteiger charge is -2.14. The quantitative estimate of drug-likeness (QED) is 0.652. The Labute approximate surface area is 167 Å². The number of carbonyl (C=O) groups excluding carboxylic acids is 1. The number of anilines is 1. The maximum absolute atomic E-state index is 12.8. The number of thiophene rings is 1. The summed E-state index contributed by atoms with van der Waals surface area (Å²) in [5, 5.41) is 4.86. The third-order valence-corrected chi connectivity index (χ3v) is 4.71. The van der Waals surface area contributed by atoms with Gasteiger partial charge in [0.25, 0.3) is 5.91 Å². The van der Waals surface area contributed by atoms with E-state index in [0.717, 1.165) is 10.4 Å². The standard InChI is InChI=1S/C22H19NO4S/c1-25-19-14-21(27-3)20(26-2)13-18(19)22(24)23-16-7-4-6-15(12-16)9-10-17-8-5-11-28-17/h4-8,11-14H,1-3H3,(H,23,24). The molecule has 5 nitrogen and oxygen atoms in total. The monoisotopic (exact) mass is 393 g/mol. The first-order chi connectivity index (χ1) is 13.6. The van der Waals surface area contributed by atoms with Crippen molar-refractivity contribution in [1.29, 1.82) is 0 Å². The Morgan fingerprint density at radius 3 is 2.32 bits per heavy atom. The summed E-state index contributed by atoms with van der Waals surface area (Å²) in [5.74, 6) is 7.22. The van der Waals surface area contributed by atoms with Crippen molar-refractivity contribution in [2.75, 3.05) is 26.6 Å². The Morgan fingerprint density at radius 1 is 0.893 bits per heavy atom. The maximum Gasteiger partial charge on any atom is 0.259 e. The smallest absolute Gasteiger partial charge is 0.259 e. The van der Waals surface area contributed by atoms with Gasteiger partial charge in [-0.15, -0.1) is 11.3 Å². The van der Waals surface area contributed by atoms with E-state index in [1.807, 2.05) is 35.7 Å². The van der Waals surface area contributed by atoms with Gasteiger partial charge in [-0.1, -0.05) is 24.0 Å². The third-order valence-electron chi connectivity index (χ3n) is 3.92. The van der Waals surface area contributed by atoms with E-state index in [4.69, 9.17) is 14.2 Å². The van der Waals surface area contributed by atoms with Gasteiger partial charge < -0.3 is 19.5 Å². The zero-order valence-corrected chi connectivity index (χ0v) is 16.6. The van der Waals surface area contributed by atoms with E-state index in [0.29, 0.717) is 28.5 Å². The van der Waals surface area contributed by atoms with E-state index in [-0.39, 0.29) is 5.91 Å². The van der Waals surface area contributed by atoms with Gasteiger partial charge in [0.15, 0.2) is 11.5 Å². The summed E-state index contributed by atoms with van der Waals surface area (Å²) in [4.78, 5) is 13.8. The second kappa shape index (κ2) is 8.98. The summed E-state index contributed by atoms with van der Waals surface area (Å²) in [6.07, 6.45) is 0. The molecule has 28 heavy (non-hydrogen) atoms. The summed E-state index contributed by atoms with van der Waals surface area (Å²) >= 11 is 1.59. The molecular formula is C22H19NO4S. The fraction of sp³-hybridized carbons (Fsp3) is 0.136. The minimum absolute atomic E-state index is 0.318. The van der Waals surface area contributed by atoms with Crippen LogP contribution in [0.5, 0.6) is 17.2 Å². The van der Waals surface area contributed by atoms with Crippen LogP contribution >= 0.6 is 11.3 Å². The molecular weight excluding hydrogens is 374 g/mol. The van der Waals surface area contributed by atoms with Gasteiger partial charge in [-0.2, -0.15) is 0 Å². The summed E-state index contributed by atoms with van der Waals surface area (Å²) in [6.45, 7) is 0. The molecule has 6 heteroatoms. The molecule has 3 aromatic rings. The highest BCUT2D eigenvalue weighted by atomic mass is 32.1. The molecule has 0 aliphatic carbocycles. The zero-order chi connectivity index (χ0) is 19.9. The van der Waals surface area contributed by atoms with Crippen molar-refractivity contribution in [3.63, 3.8) is 0 Å². The lowest BCUT2D eigenvalue weighted by molar-refractivity contribution is 0.102. The summed E-state index contributed by atoms with van der Waals surface area (Å²) in [7, 11) is 4.54. The first kappa shape index (κ1) is 19.3. The van der Waals surface area contributed by atoms with Crippen LogP contribution < -0.4 is 19.5 Å². The Kier molecular flexibility index (Phi) is 6.20. The fourth-order valence-corrected chi connectivity index (χ4v) is 3.13. The maximum atomic E-state index is 12.8. The molecule has 142 valence electrons. The van der Waals surface area contributed by atoms with Gasteiger partial charge in [0.2, 0.25) is 0 Å². The Bertz CT molecular complexity index is 1030. The summed E-state index contributed by atoms with van der Waals surface area (Å²) in [5.41, 5.74) is 1.79. The van der Waals surface area contributed by atoms with Crippen LogP contribution in [0.15, 0.2) is 53.9 Å². The third kappa shape index (κ3) is 4.45. The van der Waals surface area contributed by atoms with Gasteiger partial charge in [0.05, 0.1) is 31.8 Å². The fourth-order valence-electron chi connectivity index (χ4n) is 2.56. The average molecular weight is 393 g/mol. The van der Waals surface area contributed by atoms with Crippen molar-refractivity contribution >= 4 is 22.9 Å². The van der Waals surface area contributed by atoms with Crippen LogP contribution in [0, 0.1) is 11.8 Å². The molecule has 0 fully saturated rings. The van der Waals surface area contributed by atoms with Crippen LogP contribution in [-0.2, 0) is 0 Å². The first-order valence-corrected chi connectivity index (χ1v) is 9.29. The van der Waals surface area contributed by atoms with Gasteiger partial charge in [-0.25, -0.2) is 0 Å². The molecule has 1 heterocycles. The Morgan fingerprint density at radius 2 is 1.64 bits per heavy atom. The molecule has 0 saturated carbocycles. The van der Waals surface area contributed by atoms with Gasteiger partial charge >= 0.3 is 0 Å². The van der Waals surface area contributed by atoms with Crippen LogP contribution in [-0.4, -0.2) is 27.2 Å². The van der Waals surface area contributed by atoms with E-state index in [1.54, 1.807) is 29.5 Å². The predicted molar refractivity (Wildman–Crippen MR) is 111 cm³/mol. The van der Waals surface area contributed by atoms with E-state index in [9.17, 15) is 4.79 Å². The van der Waals surface area contributed by atoms with Crippen LogP contribution in [0.2, 0.25) is 0 Å². The Balaban J connectivity index is 1.84. The molecule has 1 amide bonds. The highest BCUT2D eigenvalue weighted by Gasteiger charge is 2.18. The van der Waals surface area contributed by atoms with Crippen LogP contribution in [0.3, 0.4) is 0 Å². The second-order valence-corrected chi connectivity index (χ2v) is 6.62. The molecule has 0 spiro atoms. The number of amides is 1. The number of hydrogen-bond donors (Lipinski definition) is 1. The SMILES string of the molecule is COc1cc(OC)c(C(=O)Nc2cccc(C#Cc3cccs3)c2)cc1OC. The molecule has 0 unspecified atom stereocenters. The van der Waals surface area contributed by atoms with Gasteiger partial charge in [-0.05, 0) is 29.6 Å². The number of carbonyl (C=O) groups is 1. The minimum atomic E-state index is -0.318. The molecule has 0 radical (unpaired) electrons. The lowest BCUT2D eigenvalue weighted by atomic mass is 10.1. The molecule has 1 aromatic heterocycles. The highest BCUT2D eigenvalue weighted by molar-refractivity contribution is 7.10. The topological polar surface area (TPSA) is 56.8 Å². The van der Waals surface area contributed by atoms with E-state index in [1.165, 1.54) is 21.3 Å². The van der Waals surface area contributed by atoms with E-state index < -0.39 is 0 Å².